The Morgan fingerprint density at radius 3 is 2.29 bits per heavy atom. The first kappa shape index (κ1) is 13.9. The van der Waals surface area contributed by atoms with E-state index < -0.39 is 11.7 Å². The molecule has 0 saturated carbocycles. The number of halogens is 3. The summed E-state index contributed by atoms with van der Waals surface area (Å²) in [4.78, 5) is 4.56. The van der Waals surface area contributed by atoms with Gasteiger partial charge in [0.15, 0.2) is 0 Å². The van der Waals surface area contributed by atoms with Crippen LogP contribution in [0.5, 0.6) is 0 Å². The van der Waals surface area contributed by atoms with Crippen molar-refractivity contribution in [2.24, 2.45) is 0 Å². The lowest BCUT2D eigenvalue weighted by molar-refractivity contribution is -0.137. The predicted molar refractivity (Wildman–Crippen MR) is 78.3 cm³/mol. The third-order valence-corrected chi connectivity index (χ3v) is 3.60. The Labute approximate surface area is 120 Å². The summed E-state index contributed by atoms with van der Waals surface area (Å²) in [5.41, 5.74) is 0.886. The predicted octanol–water partition coefficient (Wildman–Crippen LogP) is 5.53. The smallest absolute Gasteiger partial charge is 0.252 e. The number of para-hydroxylation sites is 1. The summed E-state index contributed by atoms with van der Waals surface area (Å²) in [5, 5.41) is 2.28. The zero-order valence-corrected chi connectivity index (χ0v) is 11.7. The zero-order chi connectivity index (χ0) is 15.2. The third-order valence-electron chi connectivity index (χ3n) is 3.60. The molecular weight excluding hydrogens is 275 g/mol. The molecule has 0 aliphatic rings. The molecule has 1 aromatic heterocycles. The van der Waals surface area contributed by atoms with Crippen molar-refractivity contribution in [3.8, 4) is 0 Å². The third kappa shape index (κ3) is 2.35. The van der Waals surface area contributed by atoms with Gasteiger partial charge in [0.25, 0.3) is 0 Å². The monoisotopic (exact) mass is 289 g/mol. The van der Waals surface area contributed by atoms with Gasteiger partial charge in [-0.2, -0.15) is 13.2 Å². The van der Waals surface area contributed by atoms with Crippen LogP contribution in [0.1, 0.15) is 31.0 Å². The highest BCUT2D eigenvalue weighted by molar-refractivity contribution is 6.07. The second-order valence-electron chi connectivity index (χ2n) is 5.43. The summed E-state index contributed by atoms with van der Waals surface area (Å²) >= 11 is 0. The van der Waals surface area contributed by atoms with Crippen molar-refractivity contribution in [1.29, 1.82) is 0 Å². The molecule has 1 heterocycles. The van der Waals surface area contributed by atoms with Crippen LogP contribution in [0.4, 0.5) is 13.2 Å². The Bertz CT molecular complexity index is 819. The van der Waals surface area contributed by atoms with Crippen molar-refractivity contribution in [2.75, 3.05) is 0 Å². The molecule has 0 spiro atoms. The largest absolute Gasteiger partial charge is 0.416 e. The molecule has 3 aromatic rings. The summed E-state index contributed by atoms with van der Waals surface area (Å²) in [6.07, 6.45) is -4.34. The normalized spacial score (nSPS) is 12.5. The van der Waals surface area contributed by atoms with Crippen molar-refractivity contribution in [3.05, 3.63) is 53.7 Å². The Kier molecular flexibility index (Phi) is 3.12. The van der Waals surface area contributed by atoms with E-state index in [1.807, 2.05) is 38.1 Å². The summed E-state index contributed by atoms with van der Waals surface area (Å²) in [6.45, 7) is 3.88. The van der Waals surface area contributed by atoms with Crippen LogP contribution >= 0.6 is 0 Å². The quantitative estimate of drug-likeness (QED) is 0.537. The van der Waals surface area contributed by atoms with Gasteiger partial charge in [-0.25, -0.2) is 0 Å². The summed E-state index contributed by atoms with van der Waals surface area (Å²) < 4.78 is 38.8. The summed E-state index contributed by atoms with van der Waals surface area (Å²) in [7, 11) is 0. The van der Waals surface area contributed by atoms with E-state index in [4.69, 9.17) is 0 Å². The van der Waals surface area contributed by atoms with Crippen LogP contribution in [-0.4, -0.2) is 4.98 Å². The number of fused-ring (bicyclic) bond motifs is 3. The molecule has 2 aromatic carbocycles. The second-order valence-corrected chi connectivity index (χ2v) is 5.43. The van der Waals surface area contributed by atoms with Crippen molar-refractivity contribution in [2.45, 2.75) is 25.9 Å². The van der Waals surface area contributed by atoms with Crippen molar-refractivity contribution >= 4 is 21.7 Å². The molecule has 0 aliphatic carbocycles. The van der Waals surface area contributed by atoms with Gasteiger partial charge in [-0.05, 0) is 29.5 Å². The molecule has 3 rings (SSSR count). The van der Waals surface area contributed by atoms with Gasteiger partial charge < -0.3 is 0 Å². The number of pyridine rings is 1. The second kappa shape index (κ2) is 4.72. The Morgan fingerprint density at radius 2 is 1.62 bits per heavy atom. The lowest BCUT2D eigenvalue weighted by Gasteiger charge is -2.14. The highest BCUT2D eigenvalue weighted by Gasteiger charge is 2.31. The fraction of sp³-hybridized carbons (Fsp3) is 0.235. The fourth-order valence-corrected chi connectivity index (χ4v) is 2.60. The van der Waals surface area contributed by atoms with Gasteiger partial charge in [0.1, 0.15) is 0 Å². The van der Waals surface area contributed by atoms with Gasteiger partial charge in [-0.3, -0.25) is 4.98 Å². The van der Waals surface area contributed by atoms with Gasteiger partial charge >= 0.3 is 6.18 Å². The lowest BCUT2D eigenvalue weighted by Crippen LogP contribution is -2.05. The molecule has 0 fully saturated rings. The first-order chi connectivity index (χ1) is 9.88. The van der Waals surface area contributed by atoms with Crippen LogP contribution in [-0.2, 0) is 6.18 Å². The number of benzene rings is 2. The van der Waals surface area contributed by atoms with Crippen LogP contribution in [0.25, 0.3) is 21.7 Å². The summed E-state index contributed by atoms with van der Waals surface area (Å²) in [6, 6.07) is 11.4. The van der Waals surface area contributed by atoms with Crippen LogP contribution in [0.2, 0.25) is 0 Å². The first-order valence-electron chi connectivity index (χ1n) is 6.77. The van der Waals surface area contributed by atoms with Gasteiger partial charge in [0.05, 0.1) is 16.8 Å². The SMILES string of the molecule is CC(C)c1nc2ccccc2c2ccc(C(F)(F)F)cc12. The number of aromatic nitrogens is 1. The van der Waals surface area contributed by atoms with Crippen LogP contribution in [0.3, 0.4) is 0 Å². The molecular formula is C17H14F3N. The van der Waals surface area contributed by atoms with Crippen molar-refractivity contribution in [1.82, 2.24) is 4.98 Å². The Hall–Kier alpha value is -2.10. The molecule has 0 radical (unpaired) electrons. The minimum atomic E-state index is -4.34. The maximum absolute atomic E-state index is 12.9. The Morgan fingerprint density at radius 1 is 0.905 bits per heavy atom. The minimum Gasteiger partial charge on any atom is -0.252 e. The first-order valence-corrected chi connectivity index (χ1v) is 6.77. The van der Waals surface area contributed by atoms with Gasteiger partial charge in [-0.15, -0.1) is 0 Å². The molecule has 0 amide bonds. The summed E-state index contributed by atoms with van der Waals surface area (Å²) in [5.74, 6) is 0.0561. The maximum Gasteiger partial charge on any atom is 0.416 e. The maximum atomic E-state index is 12.9. The molecule has 108 valence electrons. The van der Waals surface area contributed by atoms with E-state index in [-0.39, 0.29) is 5.92 Å². The van der Waals surface area contributed by atoms with E-state index in [1.165, 1.54) is 6.07 Å². The van der Waals surface area contributed by atoms with Crippen LogP contribution < -0.4 is 0 Å². The van der Waals surface area contributed by atoms with Gasteiger partial charge in [0.2, 0.25) is 0 Å². The number of hydrogen-bond donors (Lipinski definition) is 0. The van der Waals surface area contributed by atoms with E-state index in [9.17, 15) is 13.2 Å². The lowest BCUT2D eigenvalue weighted by atomic mass is 9.97. The number of rotatable bonds is 1. The highest BCUT2D eigenvalue weighted by Crippen LogP contribution is 2.35. The molecule has 4 heteroatoms. The van der Waals surface area contributed by atoms with Crippen molar-refractivity contribution < 1.29 is 13.2 Å². The Balaban J connectivity index is 2.44. The van der Waals surface area contributed by atoms with E-state index in [0.717, 1.165) is 22.4 Å². The van der Waals surface area contributed by atoms with E-state index in [1.54, 1.807) is 6.07 Å². The van der Waals surface area contributed by atoms with Gasteiger partial charge in [-0.1, -0.05) is 38.1 Å². The van der Waals surface area contributed by atoms with E-state index in [0.29, 0.717) is 11.1 Å². The van der Waals surface area contributed by atoms with Crippen LogP contribution in [0.15, 0.2) is 42.5 Å². The molecule has 21 heavy (non-hydrogen) atoms. The van der Waals surface area contributed by atoms with E-state index in [2.05, 4.69) is 4.98 Å². The van der Waals surface area contributed by atoms with E-state index >= 15 is 0 Å². The molecule has 0 atom stereocenters. The van der Waals surface area contributed by atoms with Gasteiger partial charge in [0, 0.05) is 10.8 Å². The molecule has 0 N–H and O–H groups in total. The molecule has 0 saturated heterocycles. The topological polar surface area (TPSA) is 12.9 Å². The number of nitrogens with zero attached hydrogens (tertiary/aromatic N) is 1. The zero-order valence-electron chi connectivity index (χ0n) is 11.7. The number of alkyl halides is 3. The minimum absolute atomic E-state index is 0.0561. The number of hydrogen-bond acceptors (Lipinski definition) is 1. The van der Waals surface area contributed by atoms with Crippen molar-refractivity contribution in [3.63, 3.8) is 0 Å². The van der Waals surface area contributed by atoms with Crippen LogP contribution in [0, 0.1) is 0 Å². The average molecular weight is 289 g/mol. The molecule has 0 unspecified atom stereocenters. The highest BCUT2D eigenvalue weighted by atomic mass is 19.4. The standard InChI is InChI=1S/C17H14F3N/c1-10(2)16-14-9-11(17(18,19)20)7-8-12(14)13-5-3-4-6-15(13)21-16/h3-10H,1-2H3. The molecule has 1 nitrogen and oxygen atoms in total. The molecule has 0 bridgehead atoms. The molecule has 0 aliphatic heterocycles. The average Bonchev–Trinajstić information content (AvgIpc) is 2.44. The fourth-order valence-electron chi connectivity index (χ4n) is 2.60.